The van der Waals surface area contributed by atoms with Gasteiger partial charge in [-0.1, -0.05) is 11.6 Å². The van der Waals surface area contributed by atoms with Gasteiger partial charge in [0, 0.05) is 12.2 Å². The number of carbonyl (C=O) groups excluding carboxylic acids is 1. The number of H-pyrrole nitrogens is 1. The van der Waals surface area contributed by atoms with Crippen molar-refractivity contribution in [1.29, 1.82) is 0 Å². The van der Waals surface area contributed by atoms with Gasteiger partial charge >= 0.3 is 5.97 Å². The van der Waals surface area contributed by atoms with Crippen molar-refractivity contribution in [2.45, 2.75) is 25.3 Å². The Balaban J connectivity index is 1.75. The van der Waals surface area contributed by atoms with E-state index in [1.165, 1.54) is 6.20 Å². The number of carbonyl (C=O) groups is 2. The van der Waals surface area contributed by atoms with Crippen molar-refractivity contribution in [1.82, 2.24) is 10.3 Å². The molecule has 4 atom stereocenters. The number of aromatic amines is 1. The second kappa shape index (κ2) is 4.56. The number of hydrogen-bond donors (Lipinski definition) is 3. The molecular weight excluding hydrogens is 268 g/mol. The number of fused-ring (bicyclic) bond motifs is 2. The molecular formula is C13H15ClN2O3. The maximum atomic E-state index is 12.1. The van der Waals surface area contributed by atoms with Crippen LogP contribution in [0.1, 0.15) is 29.8 Å². The number of nitrogens with one attached hydrogen (secondary N) is 2. The van der Waals surface area contributed by atoms with Crippen LogP contribution in [0.2, 0.25) is 5.02 Å². The first-order valence-corrected chi connectivity index (χ1v) is 6.81. The minimum absolute atomic E-state index is 0.208. The Morgan fingerprint density at radius 2 is 2.11 bits per heavy atom. The van der Waals surface area contributed by atoms with Gasteiger partial charge in [0.15, 0.2) is 0 Å². The molecule has 0 aromatic carbocycles. The minimum atomic E-state index is -0.804. The molecule has 2 aliphatic carbocycles. The van der Waals surface area contributed by atoms with Gasteiger partial charge in [-0.05, 0) is 37.2 Å². The smallest absolute Gasteiger partial charge is 0.308 e. The molecule has 6 heteroatoms. The largest absolute Gasteiger partial charge is 0.481 e. The fourth-order valence-corrected chi connectivity index (χ4v) is 3.75. The second-order valence-corrected chi connectivity index (χ2v) is 5.86. The average Bonchev–Trinajstić information content (AvgIpc) is 3.03. The Kier molecular flexibility index (Phi) is 3.01. The third-order valence-electron chi connectivity index (χ3n) is 4.39. The Morgan fingerprint density at radius 3 is 2.74 bits per heavy atom. The molecule has 0 spiro atoms. The standard InChI is InChI=1S/C13H15ClN2O3/c14-8-4-9(15-5-8)12(17)16-11-7-2-1-6(3-7)10(11)13(18)19/h4-7,10-11,15H,1-3H2,(H,16,17)(H,18,19). The van der Waals surface area contributed by atoms with E-state index in [0.29, 0.717) is 16.6 Å². The molecule has 102 valence electrons. The molecule has 2 bridgehead atoms. The van der Waals surface area contributed by atoms with E-state index in [2.05, 4.69) is 10.3 Å². The quantitative estimate of drug-likeness (QED) is 0.792. The molecule has 1 heterocycles. The second-order valence-electron chi connectivity index (χ2n) is 5.43. The third-order valence-corrected chi connectivity index (χ3v) is 4.61. The van der Waals surface area contributed by atoms with Gasteiger partial charge in [0.05, 0.1) is 10.9 Å². The van der Waals surface area contributed by atoms with Gasteiger partial charge in [0.25, 0.3) is 5.91 Å². The number of carboxylic acids is 1. The van der Waals surface area contributed by atoms with Gasteiger partial charge < -0.3 is 15.4 Å². The summed E-state index contributed by atoms with van der Waals surface area (Å²) in [5, 5.41) is 12.6. The number of carboxylic acid groups (broad SMARTS) is 1. The number of rotatable bonds is 3. The molecule has 2 aliphatic rings. The summed E-state index contributed by atoms with van der Waals surface area (Å²) in [5.74, 6) is -1.04. The van der Waals surface area contributed by atoms with Crippen molar-refractivity contribution in [3.05, 3.63) is 23.0 Å². The molecule has 0 aliphatic heterocycles. The van der Waals surface area contributed by atoms with Gasteiger partial charge in [-0.25, -0.2) is 0 Å². The summed E-state index contributed by atoms with van der Waals surface area (Å²) in [5.41, 5.74) is 0.372. The summed E-state index contributed by atoms with van der Waals surface area (Å²) >= 11 is 5.76. The number of amides is 1. The van der Waals surface area contributed by atoms with Crippen LogP contribution in [0.5, 0.6) is 0 Å². The summed E-state index contributed by atoms with van der Waals surface area (Å²) < 4.78 is 0. The van der Waals surface area contributed by atoms with Gasteiger partial charge in [-0.2, -0.15) is 0 Å². The molecule has 0 radical (unpaired) electrons. The minimum Gasteiger partial charge on any atom is -0.481 e. The molecule has 3 N–H and O–H groups in total. The normalized spacial score (nSPS) is 32.5. The first-order valence-electron chi connectivity index (χ1n) is 6.44. The van der Waals surface area contributed by atoms with Crippen molar-refractivity contribution in [3.8, 4) is 0 Å². The first-order chi connectivity index (χ1) is 9.06. The molecule has 2 fully saturated rings. The van der Waals surface area contributed by atoms with E-state index in [-0.39, 0.29) is 17.9 Å². The van der Waals surface area contributed by atoms with Gasteiger partial charge in [0.2, 0.25) is 0 Å². The van der Waals surface area contributed by atoms with E-state index >= 15 is 0 Å². The number of aromatic nitrogens is 1. The summed E-state index contributed by atoms with van der Waals surface area (Å²) in [4.78, 5) is 26.2. The van der Waals surface area contributed by atoms with Gasteiger partial charge in [-0.3, -0.25) is 9.59 Å². The Hall–Kier alpha value is -1.49. The monoisotopic (exact) mass is 282 g/mol. The zero-order chi connectivity index (χ0) is 13.6. The highest BCUT2D eigenvalue weighted by Crippen LogP contribution is 2.48. The van der Waals surface area contributed by atoms with Crippen LogP contribution in [0.4, 0.5) is 0 Å². The topological polar surface area (TPSA) is 82.2 Å². The van der Waals surface area contributed by atoms with Crippen molar-refractivity contribution in [2.75, 3.05) is 0 Å². The number of hydrogen-bond acceptors (Lipinski definition) is 2. The van der Waals surface area contributed by atoms with Crippen molar-refractivity contribution in [2.24, 2.45) is 17.8 Å². The lowest BCUT2D eigenvalue weighted by atomic mass is 9.84. The predicted octanol–water partition coefficient (Wildman–Crippen LogP) is 1.90. The lowest BCUT2D eigenvalue weighted by molar-refractivity contribution is -0.144. The van der Waals surface area contributed by atoms with Crippen molar-refractivity contribution < 1.29 is 14.7 Å². The van der Waals surface area contributed by atoms with Crippen LogP contribution in [-0.2, 0) is 4.79 Å². The van der Waals surface area contributed by atoms with Gasteiger partial charge in [0.1, 0.15) is 5.69 Å². The fraction of sp³-hybridized carbons (Fsp3) is 0.538. The molecule has 5 nitrogen and oxygen atoms in total. The Labute approximate surface area is 115 Å². The molecule has 1 aromatic rings. The predicted molar refractivity (Wildman–Crippen MR) is 69.0 cm³/mol. The molecule has 1 aromatic heterocycles. The van der Waals surface area contributed by atoms with E-state index in [0.717, 1.165) is 19.3 Å². The van der Waals surface area contributed by atoms with E-state index in [4.69, 9.17) is 11.6 Å². The number of aliphatic carboxylic acids is 1. The van der Waals surface area contributed by atoms with E-state index < -0.39 is 11.9 Å². The maximum absolute atomic E-state index is 12.1. The third kappa shape index (κ3) is 2.12. The molecule has 4 unspecified atom stereocenters. The summed E-state index contributed by atoms with van der Waals surface area (Å²) in [6.45, 7) is 0. The van der Waals surface area contributed by atoms with Crippen LogP contribution >= 0.6 is 11.6 Å². The van der Waals surface area contributed by atoms with Crippen LogP contribution < -0.4 is 5.32 Å². The first kappa shape index (κ1) is 12.5. The lowest BCUT2D eigenvalue weighted by Crippen LogP contribution is -2.46. The summed E-state index contributed by atoms with van der Waals surface area (Å²) in [6, 6.07) is 1.28. The van der Waals surface area contributed by atoms with Crippen LogP contribution in [0, 0.1) is 17.8 Å². The average molecular weight is 283 g/mol. The van der Waals surface area contributed by atoms with E-state index in [9.17, 15) is 14.7 Å². The van der Waals surface area contributed by atoms with Crippen LogP contribution in [0.3, 0.4) is 0 Å². The van der Waals surface area contributed by atoms with Gasteiger partial charge in [-0.15, -0.1) is 0 Å². The van der Waals surface area contributed by atoms with Crippen LogP contribution in [0.15, 0.2) is 12.3 Å². The van der Waals surface area contributed by atoms with E-state index in [1.807, 2.05) is 0 Å². The SMILES string of the molecule is O=C(NC1C2CCC(C2)C1C(=O)O)c1cc(Cl)c[nH]1. The molecule has 3 rings (SSSR count). The van der Waals surface area contributed by atoms with E-state index in [1.54, 1.807) is 6.07 Å². The van der Waals surface area contributed by atoms with Crippen LogP contribution in [0.25, 0.3) is 0 Å². The Morgan fingerprint density at radius 1 is 1.37 bits per heavy atom. The zero-order valence-electron chi connectivity index (χ0n) is 10.2. The van der Waals surface area contributed by atoms with Crippen LogP contribution in [-0.4, -0.2) is 28.0 Å². The molecule has 2 saturated carbocycles. The Bertz CT molecular complexity index is 528. The molecule has 19 heavy (non-hydrogen) atoms. The summed E-state index contributed by atoms with van der Waals surface area (Å²) in [6.07, 6.45) is 4.41. The maximum Gasteiger partial charge on any atom is 0.308 e. The lowest BCUT2D eigenvalue weighted by Gasteiger charge is -2.28. The summed E-state index contributed by atoms with van der Waals surface area (Å²) in [7, 11) is 0. The highest BCUT2D eigenvalue weighted by atomic mass is 35.5. The molecule has 1 amide bonds. The molecule has 0 saturated heterocycles. The van der Waals surface area contributed by atoms with Crippen molar-refractivity contribution in [3.63, 3.8) is 0 Å². The highest BCUT2D eigenvalue weighted by Gasteiger charge is 2.51. The van der Waals surface area contributed by atoms with Crippen molar-refractivity contribution >= 4 is 23.5 Å². The number of halogens is 1. The fourth-order valence-electron chi connectivity index (χ4n) is 3.58. The zero-order valence-corrected chi connectivity index (χ0v) is 11.0. The highest BCUT2D eigenvalue weighted by molar-refractivity contribution is 6.30.